The van der Waals surface area contributed by atoms with Crippen LogP contribution in [0.2, 0.25) is 0 Å². The third-order valence-corrected chi connectivity index (χ3v) is 7.66. The summed E-state index contributed by atoms with van der Waals surface area (Å²) in [5, 5.41) is 12.3. The zero-order valence-electron chi connectivity index (χ0n) is 20.8. The Morgan fingerprint density at radius 3 is 2.63 bits per heavy atom. The zero-order valence-corrected chi connectivity index (χ0v) is 20.8. The zero-order chi connectivity index (χ0) is 24.1. The van der Waals surface area contributed by atoms with E-state index >= 15 is 0 Å². The summed E-state index contributed by atoms with van der Waals surface area (Å²) >= 11 is 0. The van der Waals surface area contributed by atoms with Crippen LogP contribution in [-0.2, 0) is 6.54 Å². The highest BCUT2D eigenvalue weighted by Crippen LogP contribution is 2.33. The third kappa shape index (κ3) is 5.55. The summed E-state index contributed by atoms with van der Waals surface area (Å²) in [5.74, 6) is 0.777. The first-order valence-electron chi connectivity index (χ1n) is 13.0. The molecule has 35 heavy (non-hydrogen) atoms. The van der Waals surface area contributed by atoms with Gasteiger partial charge in [-0.1, -0.05) is 80.8 Å². The number of nitriles is 1. The molecule has 0 aromatic heterocycles. The van der Waals surface area contributed by atoms with Gasteiger partial charge in [-0.05, 0) is 58.9 Å². The lowest BCUT2D eigenvalue weighted by Crippen LogP contribution is -2.40. The lowest BCUT2D eigenvalue weighted by molar-refractivity contribution is 0.151. The molecule has 2 aliphatic rings. The molecular formula is C32H35N3. The fourth-order valence-electron chi connectivity index (χ4n) is 5.91. The summed E-state index contributed by atoms with van der Waals surface area (Å²) in [7, 11) is 0. The van der Waals surface area contributed by atoms with Crippen molar-refractivity contribution >= 4 is 17.0 Å². The van der Waals surface area contributed by atoms with E-state index in [4.69, 9.17) is 0 Å². The van der Waals surface area contributed by atoms with Crippen LogP contribution >= 0.6 is 0 Å². The van der Waals surface area contributed by atoms with Gasteiger partial charge in [0.2, 0.25) is 0 Å². The molecule has 1 unspecified atom stereocenters. The average Bonchev–Trinajstić information content (AvgIpc) is 2.89. The van der Waals surface area contributed by atoms with Gasteiger partial charge in [0.25, 0.3) is 0 Å². The van der Waals surface area contributed by atoms with Crippen LogP contribution in [0.3, 0.4) is 0 Å². The number of rotatable bonds is 7. The molecule has 0 spiro atoms. The molecule has 1 fully saturated rings. The van der Waals surface area contributed by atoms with Crippen LogP contribution in [0, 0.1) is 22.7 Å². The summed E-state index contributed by atoms with van der Waals surface area (Å²) in [5.41, 5.74) is 4.24. The first-order chi connectivity index (χ1) is 17.1. The molecule has 0 saturated heterocycles. The largest absolute Gasteiger partial charge is 0.298 e. The van der Waals surface area contributed by atoms with Crippen molar-refractivity contribution in [2.24, 2.45) is 16.3 Å². The normalized spacial score (nSPS) is 20.4. The summed E-state index contributed by atoms with van der Waals surface area (Å²) in [6.45, 7) is 6.21. The minimum absolute atomic E-state index is 0.0640. The highest BCUT2D eigenvalue weighted by Gasteiger charge is 2.27. The molecule has 0 bridgehead atoms. The summed E-state index contributed by atoms with van der Waals surface area (Å²) in [4.78, 5) is 7.22. The van der Waals surface area contributed by atoms with Crippen LogP contribution in [0.15, 0.2) is 77.8 Å². The van der Waals surface area contributed by atoms with Crippen molar-refractivity contribution < 1.29 is 0 Å². The van der Waals surface area contributed by atoms with Crippen LogP contribution in [0.25, 0.3) is 21.9 Å². The SMILES string of the molecule is CC1(CN(Cc2ccc(C#N)c(-c3cccc4ccccc34)c2)CC2CCCCC2)C=CC=NC1. The van der Waals surface area contributed by atoms with Gasteiger partial charge >= 0.3 is 0 Å². The molecule has 3 heteroatoms. The van der Waals surface area contributed by atoms with Crippen molar-refractivity contribution in [2.45, 2.75) is 45.6 Å². The Hall–Kier alpha value is -3.22. The summed E-state index contributed by atoms with van der Waals surface area (Å²) < 4.78 is 0. The van der Waals surface area contributed by atoms with Gasteiger partial charge < -0.3 is 0 Å². The van der Waals surface area contributed by atoms with Crippen molar-refractivity contribution in [3.63, 3.8) is 0 Å². The fraction of sp³-hybridized carbons (Fsp3) is 0.375. The smallest absolute Gasteiger partial charge is 0.0998 e. The van der Waals surface area contributed by atoms with E-state index in [1.807, 2.05) is 12.3 Å². The molecule has 1 atom stereocenters. The number of fused-ring (bicyclic) bond motifs is 1. The Balaban J connectivity index is 1.46. The predicted molar refractivity (Wildman–Crippen MR) is 147 cm³/mol. The van der Waals surface area contributed by atoms with Crippen molar-refractivity contribution in [3.05, 3.63) is 83.9 Å². The van der Waals surface area contributed by atoms with Crippen molar-refractivity contribution in [2.75, 3.05) is 19.6 Å². The number of allylic oxidation sites excluding steroid dienone is 1. The number of hydrogen-bond donors (Lipinski definition) is 0. The van der Waals surface area contributed by atoms with E-state index in [0.29, 0.717) is 0 Å². The van der Waals surface area contributed by atoms with Crippen LogP contribution < -0.4 is 0 Å². The summed E-state index contributed by atoms with van der Waals surface area (Å²) in [6, 6.07) is 23.7. The van der Waals surface area contributed by atoms with E-state index in [9.17, 15) is 5.26 Å². The van der Waals surface area contributed by atoms with Gasteiger partial charge in [-0.25, -0.2) is 0 Å². The van der Waals surface area contributed by atoms with Crippen molar-refractivity contribution in [3.8, 4) is 17.2 Å². The Kier molecular flexibility index (Phi) is 7.11. The minimum Gasteiger partial charge on any atom is -0.298 e. The third-order valence-electron chi connectivity index (χ3n) is 7.66. The van der Waals surface area contributed by atoms with E-state index < -0.39 is 0 Å². The molecule has 3 aromatic rings. The second kappa shape index (κ2) is 10.6. The molecule has 5 rings (SSSR count). The predicted octanol–water partition coefficient (Wildman–Crippen LogP) is 7.41. The molecule has 1 heterocycles. The average molecular weight is 462 g/mol. The molecule has 178 valence electrons. The van der Waals surface area contributed by atoms with Gasteiger partial charge in [-0.2, -0.15) is 5.26 Å². The Morgan fingerprint density at radius 1 is 1.00 bits per heavy atom. The van der Waals surface area contributed by atoms with Crippen LogP contribution in [0.5, 0.6) is 0 Å². The molecule has 3 nitrogen and oxygen atoms in total. The summed E-state index contributed by atoms with van der Waals surface area (Å²) in [6.07, 6.45) is 13.1. The Labute approximate surface area is 209 Å². The first-order valence-corrected chi connectivity index (χ1v) is 13.0. The van der Waals surface area contributed by atoms with E-state index in [-0.39, 0.29) is 5.41 Å². The molecule has 0 N–H and O–H groups in total. The van der Waals surface area contributed by atoms with Crippen LogP contribution in [0.1, 0.15) is 50.2 Å². The van der Waals surface area contributed by atoms with Gasteiger partial charge in [0.15, 0.2) is 0 Å². The molecule has 0 radical (unpaired) electrons. The number of aliphatic imine (C=N–C) groups is 1. The van der Waals surface area contributed by atoms with Gasteiger partial charge in [-0.15, -0.1) is 0 Å². The Bertz CT molecular complexity index is 1270. The van der Waals surface area contributed by atoms with Crippen molar-refractivity contribution in [1.82, 2.24) is 4.90 Å². The molecule has 1 saturated carbocycles. The Morgan fingerprint density at radius 2 is 1.83 bits per heavy atom. The maximum Gasteiger partial charge on any atom is 0.0998 e. The number of benzene rings is 3. The quantitative estimate of drug-likeness (QED) is 0.367. The van der Waals surface area contributed by atoms with Crippen LogP contribution in [-0.4, -0.2) is 30.7 Å². The number of dihydropyridines is 1. The van der Waals surface area contributed by atoms with E-state index in [2.05, 4.69) is 89.6 Å². The molecule has 1 aliphatic carbocycles. The lowest BCUT2D eigenvalue weighted by Gasteiger charge is -2.36. The molecule has 1 aliphatic heterocycles. The standard InChI is InChI=1S/C32H35N3/c1-32(17-8-18-34-23-32)24-35(21-25-9-3-2-4-10-25)22-26-15-16-28(20-33)31(19-26)30-14-7-12-27-11-5-6-13-29(27)30/h5-8,11-19,25H,2-4,9-10,21-24H2,1H3. The highest BCUT2D eigenvalue weighted by atomic mass is 15.1. The lowest BCUT2D eigenvalue weighted by atomic mass is 9.85. The molecule has 3 aromatic carbocycles. The van der Waals surface area contributed by atoms with E-state index in [1.165, 1.54) is 48.4 Å². The second-order valence-corrected chi connectivity index (χ2v) is 10.7. The van der Waals surface area contributed by atoms with Gasteiger partial charge in [0.1, 0.15) is 0 Å². The molecule has 0 amide bonds. The fourth-order valence-corrected chi connectivity index (χ4v) is 5.91. The topological polar surface area (TPSA) is 39.4 Å². The highest BCUT2D eigenvalue weighted by molar-refractivity contribution is 5.97. The maximum absolute atomic E-state index is 9.91. The minimum atomic E-state index is 0.0640. The number of nitrogens with zero attached hydrogens (tertiary/aromatic N) is 3. The number of hydrogen-bond acceptors (Lipinski definition) is 3. The van der Waals surface area contributed by atoms with E-state index in [0.717, 1.165) is 48.8 Å². The van der Waals surface area contributed by atoms with Gasteiger partial charge in [0, 0.05) is 43.4 Å². The first kappa shape index (κ1) is 23.5. The van der Waals surface area contributed by atoms with E-state index in [1.54, 1.807) is 0 Å². The monoisotopic (exact) mass is 461 g/mol. The second-order valence-electron chi connectivity index (χ2n) is 10.7. The molecular weight excluding hydrogens is 426 g/mol. The van der Waals surface area contributed by atoms with Crippen LogP contribution in [0.4, 0.5) is 0 Å². The van der Waals surface area contributed by atoms with Gasteiger partial charge in [-0.3, -0.25) is 9.89 Å². The van der Waals surface area contributed by atoms with Crippen molar-refractivity contribution in [1.29, 1.82) is 5.26 Å². The maximum atomic E-state index is 9.91. The van der Waals surface area contributed by atoms with Gasteiger partial charge in [0.05, 0.1) is 11.6 Å².